The van der Waals surface area contributed by atoms with Gasteiger partial charge in [-0.2, -0.15) is 0 Å². The highest BCUT2D eigenvalue weighted by Gasteiger charge is 2.20. The van der Waals surface area contributed by atoms with Gasteiger partial charge in [-0.25, -0.2) is 0 Å². The highest BCUT2D eigenvalue weighted by molar-refractivity contribution is 4.76. The van der Waals surface area contributed by atoms with Crippen LogP contribution in [-0.2, 0) is 0 Å². The van der Waals surface area contributed by atoms with E-state index in [4.69, 9.17) is 0 Å². The molecular formula is C11H23NO. The molecule has 1 saturated carbocycles. The molecule has 1 atom stereocenters. The smallest absolute Gasteiger partial charge is 0.0524 e. The summed E-state index contributed by atoms with van der Waals surface area (Å²) in [6.45, 7) is 6.30. The van der Waals surface area contributed by atoms with Crippen molar-refractivity contribution >= 4 is 0 Å². The van der Waals surface area contributed by atoms with Crippen LogP contribution in [-0.4, -0.2) is 35.2 Å². The van der Waals surface area contributed by atoms with E-state index in [1.807, 2.05) is 6.92 Å². The van der Waals surface area contributed by atoms with Gasteiger partial charge in [0.05, 0.1) is 6.10 Å². The fraction of sp³-hybridized carbons (Fsp3) is 1.00. The Labute approximate surface area is 81.9 Å². The molecule has 0 heterocycles. The first-order valence-electron chi connectivity index (χ1n) is 5.66. The Morgan fingerprint density at radius 1 is 1.38 bits per heavy atom. The molecule has 0 bridgehead atoms. The number of aliphatic hydroxyl groups is 1. The van der Waals surface area contributed by atoms with E-state index in [0.717, 1.165) is 25.6 Å². The normalized spacial score (nSPS) is 21.2. The van der Waals surface area contributed by atoms with Crippen molar-refractivity contribution in [2.45, 2.75) is 58.1 Å². The average molecular weight is 185 g/mol. The number of nitrogens with zero attached hydrogens (tertiary/aromatic N) is 1. The predicted molar refractivity (Wildman–Crippen MR) is 55.8 cm³/mol. The maximum absolute atomic E-state index is 9.21. The number of aliphatic hydroxyl groups excluding tert-OH is 1. The average Bonchev–Trinajstić information content (AvgIpc) is 2.58. The van der Waals surface area contributed by atoms with Crippen LogP contribution in [0.3, 0.4) is 0 Å². The molecule has 0 saturated heterocycles. The van der Waals surface area contributed by atoms with Crippen LogP contribution in [0.4, 0.5) is 0 Å². The van der Waals surface area contributed by atoms with Gasteiger partial charge in [-0.3, -0.25) is 0 Å². The van der Waals surface area contributed by atoms with Crippen LogP contribution in [0, 0.1) is 0 Å². The van der Waals surface area contributed by atoms with Crippen LogP contribution in [0.5, 0.6) is 0 Å². The van der Waals surface area contributed by atoms with E-state index in [1.54, 1.807) is 0 Å². The molecular weight excluding hydrogens is 162 g/mol. The third-order valence-electron chi connectivity index (χ3n) is 3.08. The molecule has 1 aliphatic rings. The standard InChI is InChI=1S/C11H23NO/c1-3-12(9-8-10(2)13)11-6-4-5-7-11/h10-11,13H,3-9H2,1-2H3. The lowest BCUT2D eigenvalue weighted by molar-refractivity contribution is 0.138. The minimum atomic E-state index is -0.143. The first kappa shape index (κ1) is 11.0. The maximum atomic E-state index is 9.21. The lowest BCUT2D eigenvalue weighted by atomic mass is 10.2. The zero-order valence-corrected chi connectivity index (χ0v) is 9.00. The molecule has 2 heteroatoms. The molecule has 0 aromatic rings. The maximum Gasteiger partial charge on any atom is 0.0524 e. The molecule has 13 heavy (non-hydrogen) atoms. The summed E-state index contributed by atoms with van der Waals surface area (Å²) in [5.41, 5.74) is 0. The molecule has 1 rings (SSSR count). The zero-order chi connectivity index (χ0) is 9.68. The number of hydrogen-bond acceptors (Lipinski definition) is 2. The summed E-state index contributed by atoms with van der Waals surface area (Å²) in [4.78, 5) is 2.53. The second kappa shape index (κ2) is 5.61. The Bertz CT molecular complexity index is 130. The molecule has 0 aromatic heterocycles. The monoisotopic (exact) mass is 185 g/mol. The van der Waals surface area contributed by atoms with Crippen LogP contribution < -0.4 is 0 Å². The number of rotatable bonds is 5. The van der Waals surface area contributed by atoms with Gasteiger partial charge in [0.2, 0.25) is 0 Å². The number of hydrogen-bond donors (Lipinski definition) is 1. The Hall–Kier alpha value is -0.0800. The summed E-state index contributed by atoms with van der Waals surface area (Å²) >= 11 is 0. The van der Waals surface area contributed by atoms with E-state index in [-0.39, 0.29) is 6.10 Å². The third-order valence-corrected chi connectivity index (χ3v) is 3.08. The van der Waals surface area contributed by atoms with E-state index >= 15 is 0 Å². The summed E-state index contributed by atoms with van der Waals surface area (Å²) < 4.78 is 0. The fourth-order valence-corrected chi connectivity index (χ4v) is 2.22. The van der Waals surface area contributed by atoms with Gasteiger partial charge < -0.3 is 10.0 Å². The van der Waals surface area contributed by atoms with Crippen LogP contribution in [0.25, 0.3) is 0 Å². The molecule has 2 nitrogen and oxygen atoms in total. The summed E-state index contributed by atoms with van der Waals surface area (Å²) in [6, 6.07) is 0.809. The first-order valence-corrected chi connectivity index (χ1v) is 5.66. The Kier molecular flexibility index (Phi) is 4.74. The summed E-state index contributed by atoms with van der Waals surface area (Å²) in [7, 11) is 0. The summed E-state index contributed by atoms with van der Waals surface area (Å²) in [5, 5.41) is 9.21. The van der Waals surface area contributed by atoms with E-state index in [0.29, 0.717) is 0 Å². The van der Waals surface area contributed by atoms with E-state index < -0.39 is 0 Å². The van der Waals surface area contributed by atoms with Gasteiger partial charge in [0.25, 0.3) is 0 Å². The third kappa shape index (κ3) is 3.65. The second-order valence-corrected chi connectivity index (χ2v) is 4.20. The van der Waals surface area contributed by atoms with Crippen LogP contribution >= 0.6 is 0 Å². The van der Waals surface area contributed by atoms with Crippen molar-refractivity contribution in [1.82, 2.24) is 4.90 Å². The molecule has 78 valence electrons. The van der Waals surface area contributed by atoms with Gasteiger partial charge in [0.1, 0.15) is 0 Å². The topological polar surface area (TPSA) is 23.5 Å². The molecule has 1 aliphatic carbocycles. The fourth-order valence-electron chi connectivity index (χ4n) is 2.22. The second-order valence-electron chi connectivity index (χ2n) is 4.20. The quantitative estimate of drug-likeness (QED) is 0.708. The molecule has 0 spiro atoms. The van der Waals surface area contributed by atoms with Gasteiger partial charge in [-0.1, -0.05) is 19.8 Å². The Morgan fingerprint density at radius 3 is 2.46 bits per heavy atom. The first-order chi connectivity index (χ1) is 6.24. The van der Waals surface area contributed by atoms with Crippen molar-refractivity contribution in [1.29, 1.82) is 0 Å². The Balaban J connectivity index is 2.24. The molecule has 0 aliphatic heterocycles. The van der Waals surface area contributed by atoms with Gasteiger partial charge in [0.15, 0.2) is 0 Å². The minimum Gasteiger partial charge on any atom is -0.393 e. The van der Waals surface area contributed by atoms with E-state index in [9.17, 15) is 5.11 Å². The van der Waals surface area contributed by atoms with Crippen molar-refractivity contribution in [3.05, 3.63) is 0 Å². The summed E-state index contributed by atoms with van der Waals surface area (Å²) in [6.07, 6.45) is 6.31. The largest absolute Gasteiger partial charge is 0.393 e. The van der Waals surface area contributed by atoms with Crippen molar-refractivity contribution in [3.8, 4) is 0 Å². The zero-order valence-electron chi connectivity index (χ0n) is 9.00. The molecule has 1 fully saturated rings. The van der Waals surface area contributed by atoms with E-state index in [1.165, 1.54) is 25.7 Å². The lowest BCUT2D eigenvalue weighted by Gasteiger charge is -2.27. The molecule has 0 radical (unpaired) electrons. The van der Waals surface area contributed by atoms with Crippen molar-refractivity contribution < 1.29 is 5.11 Å². The van der Waals surface area contributed by atoms with Gasteiger partial charge in [-0.15, -0.1) is 0 Å². The van der Waals surface area contributed by atoms with Gasteiger partial charge >= 0.3 is 0 Å². The van der Waals surface area contributed by atoms with E-state index in [2.05, 4.69) is 11.8 Å². The molecule has 0 amide bonds. The highest BCUT2D eigenvalue weighted by Crippen LogP contribution is 2.23. The van der Waals surface area contributed by atoms with Crippen LogP contribution in [0.1, 0.15) is 46.0 Å². The van der Waals surface area contributed by atoms with Crippen LogP contribution in [0.15, 0.2) is 0 Å². The van der Waals surface area contributed by atoms with Gasteiger partial charge in [0, 0.05) is 12.6 Å². The molecule has 1 N–H and O–H groups in total. The lowest BCUT2D eigenvalue weighted by Crippen LogP contribution is -2.35. The predicted octanol–water partition coefficient (Wildman–Crippen LogP) is 2.02. The van der Waals surface area contributed by atoms with Crippen molar-refractivity contribution in [2.75, 3.05) is 13.1 Å². The van der Waals surface area contributed by atoms with Gasteiger partial charge in [-0.05, 0) is 32.7 Å². The summed E-state index contributed by atoms with van der Waals surface area (Å²) in [5.74, 6) is 0. The minimum absolute atomic E-state index is 0.143. The van der Waals surface area contributed by atoms with Crippen molar-refractivity contribution in [2.24, 2.45) is 0 Å². The molecule has 1 unspecified atom stereocenters. The Morgan fingerprint density at radius 2 is 2.00 bits per heavy atom. The van der Waals surface area contributed by atoms with Crippen molar-refractivity contribution in [3.63, 3.8) is 0 Å². The highest BCUT2D eigenvalue weighted by atomic mass is 16.3. The van der Waals surface area contributed by atoms with Crippen LogP contribution in [0.2, 0.25) is 0 Å². The SMILES string of the molecule is CCN(CCC(C)O)C1CCCC1. The molecule has 0 aromatic carbocycles.